The Morgan fingerprint density at radius 3 is 2.58 bits per heavy atom. The van der Waals surface area contributed by atoms with E-state index in [-0.39, 0.29) is 19.1 Å². The number of amides is 1. The van der Waals surface area contributed by atoms with Gasteiger partial charge in [0.1, 0.15) is 0 Å². The van der Waals surface area contributed by atoms with Gasteiger partial charge < -0.3 is 19.5 Å². The van der Waals surface area contributed by atoms with Crippen molar-refractivity contribution in [2.45, 2.75) is 13.5 Å². The molecule has 1 amide bonds. The molecular weight excluding hydrogens is 270 g/mol. The number of ether oxygens (including phenoxy) is 2. The van der Waals surface area contributed by atoms with Crippen LogP contribution in [0.2, 0.25) is 5.02 Å². The summed E-state index contributed by atoms with van der Waals surface area (Å²) in [5.74, 6) is 0.561. The highest BCUT2D eigenvalue weighted by atomic mass is 35.5. The average Bonchev–Trinajstić information content (AvgIpc) is 2.37. The Labute approximate surface area is 117 Å². The Balaban J connectivity index is 2.94. The second kappa shape index (κ2) is 7.21. The monoisotopic (exact) mass is 287 g/mol. The molecule has 0 aliphatic heterocycles. The lowest BCUT2D eigenvalue weighted by Gasteiger charge is -2.16. The van der Waals surface area contributed by atoms with Crippen molar-refractivity contribution in [2.75, 3.05) is 27.3 Å². The van der Waals surface area contributed by atoms with Crippen molar-refractivity contribution in [1.82, 2.24) is 4.90 Å². The molecule has 0 saturated heterocycles. The number of hydrogen-bond donors (Lipinski definition) is 1. The topological polar surface area (TPSA) is 59.0 Å². The summed E-state index contributed by atoms with van der Waals surface area (Å²) in [6.45, 7) is 2.00. The fourth-order valence-corrected chi connectivity index (χ4v) is 1.67. The molecular formula is C13H18ClNO4. The molecule has 1 aromatic carbocycles. The van der Waals surface area contributed by atoms with Gasteiger partial charge in [-0.2, -0.15) is 0 Å². The zero-order valence-electron chi connectivity index (χ0n) is 11.3. The SMILES string of the molecule is CCOc1cc(CO)cc(Cl)c1OCC(=O)N(C)C. The lowest BCUT2D eigenvalue weighted by molar-refractivity contribution is -0.130. The minimum Gasteiger partial charge on any atom is -0.490 e. The Hall–Kier alpha value is -1.46. The summed E-state index contributed by atoms with van der Waals surface area (Å²) in [4.78, 5) is 12.9. The normalized spacial score (nSPS) is 10.2. The van der Waals surface area contributed by atoms with Gasteiger partial charge in [-0.25, -0.2) is 0 Å². The Bertz CT molecular complexity index is 449. The van der Waals surface area contributed by atoms with E-state index in [1.165, 1.54) is 4.90 Å². The maximum Gasteiger partial charge on any atom is 0.259 e. The van der Waals surface area contributed by atoms with E-state index in [4.69, 9.17) is 26.2 Å². The van der Waals surface area contributed by atoms with Crippen LogP contribution in [0.15, 0.2) is 12.1 Å². The van der Waals surface area contributed by atoms with Gasteiger partial charge >= 0.3 is 0 Å². The van der Waals surface area contributed by atoms with Crippen LogP contribution in [-0.2, 0) is 11.4 Å². The summed E-state index contributed by atoms with van der Waals surface area (Å²) in [7, 11) is 3.29. The van der Waals surface area contributed by atoms with Crippen molar-refractivity contribution < 1.29 is 19.4 Å². The van der Waals surface area contributed by atoms with Crippen LogP contribution in [0.25, 0.3) is 0 Å². The van der Waals surface area contributed by atoms with Crippen molar-refractivity contribution in [3.8, 4) is 11.5 Å². The minimum atomic E-state index is -0.176. The lowest BCUT2D eigenvalue weighted by Crippen LogP contribution is -2.27. The maximum absolute atomic E-state index is 11.5. The van der Waals surface area contributed by atoms with Crippen molar-refractivity contribution in [2.24, 2.45) is 0 Å². The minimum absolute atomic E-state index is 0.120. The number of carbonyl (C=O) groups is 1. The third-order valence-corrected chi connectivity index (χ3v) is 2.67. The first-order valence-electron chi connectivity index (χ1n) is 5.88. The van der Waals surface area contributed by atoms with E-state index in [2.05, 4.69) is 0 Å². The van der Waals surface area contributed by atoms with Gasteiger partial charge in [-0.05, 0) is 24.6 Å². The number of carbonyl (C=O) groups excluding carboxylic acids is 1. The van der Waals surface area contributed by atoms with Crippen LogP contribution < -0.4 is 9.47 Å². The summed E-state index contributed by atoms with van der Waals surface area (Å²) >= 11 is 6.07. The molecule has 6 heteroatoms. The molecule has 5 nitrogen and oxygen atoms in total. The zero-order chi connectivity index (χ0) is 14.4. The van der Waals surface area contributed by atoms with Gasteiger partial charge in [0.2, 0.25) is 0 Å². The van der Waals surface area contributed by atoms with Crippen LogP contribution in [0.3, 0.4) is 0 Å². The second-order valence-electron chi connectivity index (χ2n) is 4.07. The summed E-state index contributed by atoms with van der Waals surface area (Å²) < 4.78 is 10.8. The number of benzene rings is 1. The van der Waals surface area contributed by atoms with Crippen molar-refractivity contribution >= 4 is 17.5 Å². The maximum atomic E-state index is 11.5. The average molecular weight is 288 g/mol. The van der Waals surface area contributed by atoms with Crippen LogP contribution in [0.4, 0.5) is 0 Å². The summed E-state index contributed by atoms with van der Waals surface area (Å²) in [5, 5.41) is 9.43. The number of likely N-dealkylation sites (N-methyl/N-ethyl adjacent to an activating group) is 1. The van der Waals surface area contributed by atoms with Gasteiger partial charge in [0.15, 0.2) is 18.1 Å². The molecule has 0 fully saturated rings. The highest BCUT2D eigenvalue weighted by molar-refractivity contribution is 6.32. The standard InChI is InChI=1S/C13H18ClNO4/c1-4-18-11-6-9(7-16)5-10(14)13(11)19-8-12(17)15(2)3/h5-6,16H,4,7-8H2,1-3H3. The molecule has 0 saturated carbocycles. The molecule has 0 bridgehead atoms. The van der Waals surface area contributed by atoms with E-state index in [0.29, 0.717) is 28.7 Å². The molecule has 1 rings (SSSR count). The summed E-state index contributed by atoms with van der Waals surface area (Å²) in [5.41, 5.74) is 0.625. The summed E-state index contributed by atoms with van der Waals surface area (Å²) in [6.07, 6.45) is 0. The quantitative estimate of drug-likeness (QED) is 0.865. The molecule has 1 aromatic rings. The molecule has 0 aliphatic carbocycles. The second-order valence-corrected chi connectivity index (χ2v) is 4.48. The van der Waals surface area contributed by atoms with E-state index in [1.54, 1.807) is 26.2 Å². The molecule has 19 heavy (non-hydrogen) atoms. The number of rotatable bonds is 6. The van der Waals surface area contributed by atoms with Crippen LogP contribution >= 0.6 is 11.6 Å². The fraction of sp³-hybridized carbons (Fsp3) is 0.462. The number of aliphatic hydroxyl groups excluding tert-OH is 1. The molecule has 0 radical (unpaired) electrons. The Morgan fingerprint density at radius 2 is 2.05 bits per heavy atom. The third-order valence-electron chi connectivity index (χ3n) is 2.39. The predicted octanol–water partition coefficient (Wildman–Crippen LogP) is 1.70. The van der Waals surface area contributed by atoms with E-state index in [0.717, 1.165) is 0 Å². The van der Waals surface area contributed by atoms with E-state index < -0.39 is 0 Å². The molecule has 0 unspecified atom stereocenters. The first kappa shape index (κ1) is 15.6. The molecule has 1 N–H and O–H groups in total. The number of hydrogen-bond acceptors (Lipinski definition) is 4. The fourth-order valence-electron chi connectivity index (χ4n) is 1.38. The third kappa shape index (κ3) is 4.29. The predicted molar refractivity (Wildman–Crippen MR) is 72.7 cm³/mol. The number of halogens is 1. The Morgan fingerprint density at radius 1 is 1.37 bits per heavy atom. The lowest BCUT2D eigenvalue weighted by atomic mass is 10.2. The zero-order valence-corrected chi connectivity index (χ0v) is 12.0. The molecule has 0 aliphatic rings. The first-order chi connectivity index (χ1) is 8.99. The molecule has 0 heterocycles. The first-order valence-corrected chi connectivity index (χ1v) is 6.26. The van der Waals surface area contributed by atoms with Gasteiger partial charge in [0, 0.05) is 14.1 Å². The summed E-state index contributed by atoms with van der Waals surface area (Å²) in [6, 6.07) is 3.23. The van der Waals surface area contributed by atoms with Gasteiger partial charge in [0.05, 0.1) is 18.2 Å². The van der Waals surface area contributed by atoms with Crippen LogP contribution in [0, 0.1) is 0 Å². The molecule has 0 spiro atoms. The van der Waals surface area contributed by atoms with Crippen LogP contribution in [0.1, 0.15) is 12.5 Å². The molecule has 0 atom stereocenters. The van der Waals surface area contributed by atoms with Crippen LogP contribution in [0.5, 0.6) is 11.5 Å². The van der Waals surface area contributed by atoms with Crippen molar-refractivity contribution in [3.63, 3.8) is 0 Å². The van der Waals surface area contributed by atoms with E-state index >= 15 is 0 Å². The number of nitrogens with zero attached hydrogens (tertiary/aromatic N) is 1. The van der Waals surface area contributed by atoms with Gasteiger partial charge in [0.25, 0.3) is 5.91 Å². The van der Waals surface area contributed by atoms with Gasteiger partial charge in [-0.3, -0.25) is 4.79 Å². The highest BCUT2D eigenvalue weighted by Crippen LogP contribution is 2.36. The van der Waals surface area contributed by atoms with Crippen LogP contribution in [-0.4, -0.2) is 43.2 Å². The van der Waals surface area contributed by atoms with Gasteiger partial charge in [-0.1, -0.05) is 11.6 Å². The largest absolute Gasteiger partial charge is 0.490 e. The van der Waals surface area contributed by atoms with E-state index in [1.807, 2.05) is 6.92 Å². The molecule has 106 valence electrons. The highest BCUT2D eigenvalue weighted by Gasteiger charge is 2.14. The van der Waals surface area contributed by atoms with Crippen molar-refractivity contribution in [1.29, 1.82) is 0 Å². The van der Waals surface area contributed by atoms with Gasteiger partial charge in [-0.15, -0.1) is 0 Å². The Kier molecular flexibility index (Phi) is 5.92. The number of aliphatic hydroxyl groups is 1. The van der Waals surface area contributed by atoms with Crippen molar-refractivity contribution in [3.05, 3.63) is 22.7 Å². The van der Waals surface area contributed by atoms with E-state index in [9.17, 15) is 4.79 Å². The molecule has 0 aromatic heterocycles. The smallest absolute Gasteiger partial charge is 0.259 e.